The van der Waals surface area contributed by atoms with Gasteiger partial charge in [-0.1, -0.05) is 152 Å². The van der Waals surface area contributed by atoms with Crippen molar-refractivity contribution in [2.24, 2.45) is 5.41 Å². The van der Waals surface area contributed by atoms with Crippen LogP contribution >= 0.6 is 0 Å². The van der Waals surface area contributed by atoms with E-state index in [4.69, 9.17) is 19.5 Å². The summed E-state index contributed by atoms with van der Waals surface area (Å²) in [4.78, 5) is 13.1. The summed E-state index contributed by atoms with van der Waals surface area (Å²) < 4.78 is 113. The van der Waals surface area contributed by atoms with Crippen LogP contribution in [0.25, 0.3) is 55.7 Å². The predicted molar refractivity (Wildman–Crippen MR) is 247 cm³/mol. The van der Waals surface area contributed by atoms with Crippen molar-refractivity contribution in [3.05, 3.63) is 173 Å². The number of furan rings is 1. The molecule has 309 valence electrons. The first-order valence-electron chi connectivity index (χ1n) is 26.1. The van der Waals surface area contributed by atoms with Crippen LogP contribution in [0, 0.1) is 38.1 Å². The SMILES string of the molecule is [2H]C([2H])([2H])c1c[c-]c(-c2ccc(C([2H])([2H])C(C)(C)C)cn2)cc1-c1ccccc1.[2H]C([2H])([2H])c1ccc2c(n1)oc1c(-c3cc(C([2H])([2H])C(C)(C)c4ccc(C(C)(C)C)cc4)c(C([2H])([2H])[2H])cn3)[c-]ccc12.[Ir]. The van der Waals surface area contributed by atoms with E-state index in [0.717, 1.165) is 16.7 Å². The number of nitrogens with zero attached hydrogens (tertiary/aromatic N) is 3. The topological polar surface area (TPSA) is 51.8 Å². The van der Waals surface area contributed by atoms with Crippen LogP contribution in [-0.2, 0) is 43.7 Å². The van der Waals surface area contributed by atoms with E-state index >= 15 is 0 Å². The third-order valence-electron chi connectivity index (χ3n) is 9.97. The molecule has 0 spiro atoms. The largest absolute Gasteiger partial charge is 0.486 e. The number of hydrogen-bond donors (Lipinski definition) is 0. The number of benzene rings is 4. The quantitative estimate of drug-likeness (QED) is 0.149. The van der Waals surface area contributed by atoms with Crippen molar-refractivity contribution in [3.63, 3.8) is 0 Å². The molecule has 4 aromatic heterocycles. The molecule has 0 atom stereocenters. The molecule has 1 radical (unpaired) electrons. The fraction of sp³-hybridized carbons (Fsp3) is 0.291. The van der Waals surface area contributed by atoms with Crippen LogP contribution in [0.4, 0.5) is 0 Å². The van der Waals surface area contributed by atoms with Crippen molar-refractivity contribution in [3.8, 4) is 33.6 Å². The minimum Gasteiger partial charge on any atom is -0.486 e. The zero-order valence-electron chi connectivity index (χ0n) is 48.1. The molecule has 4 aromatic carbocycles. The average Bonchev–Trinajstić information content (AvgIpc) is 3.69. The van der Waals surface area contributed by atoms with Gasteiger partial charge >= 0.3 is 0 Å². The summed E-state index contributed by atoms with van der Waals surface area (Å²) >= 11 is 0. The molecule has 8 rings (SSSR count). The second kappa shape index (κ2) is 17.8. The number of aryl methyl sites for hydroxylation is 3. The number of fused-ring (bicyclic) bond motifs is 3. The summed E-state index contributed by atoms with van der Waals surface area (Å²) in [5.74, 6) is 0. The molecule has 0 aliphatic heterocycles. The maximum absolute atomic E-state index is 9.39. The van der Waals surface area contributed by atoms with Gasteiger partial charge in [0.25, 0.3) is 0 Å². The Labute approximate surface area is 389 Å². The molecule has 4 nitrogen and oxygen atoms in total. The van der Waals surface area contributed by atoms with Crippen molar-refractivity contribution >= 4 is 22.1 Å². The zero-order chi connectivity index (χ0) is 53.2. The van der Waals surface area contributed by atoms with Crippen molar-refractivity contribution in [2.45, 2.75) is 99.5 Å². The third-order valence-corrected chi connectivity index (χ3v) is 9.97. The molecule has 60 heavy (non-hydrogen) atoms. The van der Waals surface area contributed by atoms with Crippen molar-refractivity contribution in [1.82, 2.24) is 15.0 Å². The van der Waals surface area contributed by atoms with Crippen molar-refractivity contribution < 1.29 is 42.3 Å². The minimum atomic E-state index is -2.62. The second-order valence-electron chi connectivity index (χ2n) is 17.3. The Bertz CT molecular complexity index is 3240. The standard InChI is InChI=1S/C32H33N2O.C23H24N.Ir/c1-20-19-33-28(27-10-8-9-25-26-16-11-21(2)34-30(26)35-29(25)27)17-22(20)18-32(6,7)24-14-12-23(13-15-24)31(3,4)5;1-17-10-12-20(14-21(17)19-8-6-5-7-9-19)22-13-11-18(16-24-22)15-23(2,3)4;/h8-9,11-17,19H,18H2,1-7H3;5-11,13-14,16H,15H2,1-4H3;/q2*-1;/i1D3,2D3,18D2;1D3,15D2;. The van der Waals surface area contributed by atoms with Gasteiger partial charge in [0.1, 0.15) is 0 Å². The van der Waals surface area contributed by atoms with E-state index in [0.29, 0.717) is 44.3 Å². The maximum Gasteiger partial charge on any atom is 0.216 e. The minimum absolute atomic E-state index is 0. The first kappa shape index (κ1) is 29.9. The fourth-order valence-electron chi connectivity index (χ4n) is 6.86. The van der Waals surface area contributed by atoms with Crippen LogP contribution < -0.4 is 0 Å². The number of hydrogen-bond acceptors (Lipinski definition) is 4. The molecule has 0 N–H and O–H groups in total. The van der Waals surface area contributed by atoms with Crippen LogP contribution in [0.15, 0.2) is 126 Å². The zero-order valence-corrected chi connectivity index (χ0v) is 37.5. The van der Waals surface area contributed by atoms with Gasteiger partial charge < -0.3 is 14.4 Å². The van der Waals surface area contributed by atoms with Gasteiger partial charge in [-0.25, -0.2) is 4.98 Å². The molecule has 0 saturated carbocycles. The van der Waals surface area contributed by atoms with Crippen LogP contribution in [0.3, 0.4) is 0 Å². The van der Waals surface area contributed by atoms with Gasteiger partial charge in [-0.15, -0.1) is 47.5 Å². The summed E-state index contributed by atoms with van der Waals surface area (Å²) in [5.41, 5.74) is 4.38. The second-order valence-corrected chi connectivity index (χ2v) is 17.3. The van der Waals surface area contributed by atoms with Crippen molar-refractivity contribution in [1.29, 1.82) is 0 Å². The maximum atomic E-state index is 9.39. The Balaban J connectivity index is 0.000000253. The molecule has 0 aliphatic carbocycles. The van der Waals surface area contributed by atoms with E-state index in [1.165, 1.54) is 24.4 Å². The first-order valence-corrected chi connectivity index (χ1v) is 19.6. The summed E-state index contributed by atoms with van der Waals surface area (Å²) in [6.45, 7) is 8.14. The number of pyridine rings is 3. The summed E-state index contributed by atoms with van der Waals surface area (Å²) in [6.07, 6.45) is -0.916. The smallest absolute Gasteiger partial charge is 0.216 e. The molecular weight excluding hydrogens is 911 g/mol. The summed E-state index contributed by atoms with van der Waals surface area (Å²) in [6, 6.07) is 38.1. The van der Waals surface area contributed by atoms with E-state index in [1.54, 1.807) is 56.4 Å². The van der Waals surface area contributed by atoms with Gasteiger partial charge in [-0.05, 0) is 99.6 Å². The van der Waals surface area contributed by atoms with Crippen LogP contribution in [0.5, 0.6) is 0 Å². The van der Waals surface area contributed by atoms with Crippen LogP contribution in [-0.4, -0.2) is 15.0 Å². The van der Waals surface area contributed by atoms with E-state index in [-0.39, 0.29) is 59.3 Å². The molecule has 8 aromatic rings. The normalized spacial score (nSPS) is 16.2. The van der Waals surface area contributed by atoms with Crippen LogP contribution in [0.1, 0.15) is 112 Å². The van der Waals surface area contributed by atoms with E-state index in [1.807, 2.05) is 75.4 Å². The molecular formula is C55H57IrN3O-2. The molecule has 0 amide bonds. The van der Waals surface area contributed by atoms with Gasteiger partial charge in [0.05, 0.1) is 5.58 Å². The Morgan fingerprint density at radius 3 is 2.08 bits per heavy atom. The van der Waals surface area contributed by atoms with E-state index in [9.17, 15) is 2.74 Å². The molecule has 4 heterocycles. The molecule has 0 bridgehead atoms. The molecule has 0 fully saturated rings. The predicted octanol–water partition coefficient (Wildman–Crippen LogP) is 14.4. The first-order chi connectivity index (χ1) is 33.1. The fourth-order valence-corrected chi connectivity index (χ4v) is 6.86. The Morgan fingerprint density at radius 1 is 0.683 bits per heavy atom. The molecule has 0 aliphatic rings. The molecule has 0 unspecified atom stereocenters. The van der Waals surface area contributed by atoms with E-state index < -0.39 is 44.1 Å². The Hall–Kier alpha value is -5.22. The van der Waals surface area contributed by atoms with Gasteiger partial charge in [0, 0.05) is 61.4 Å². The summed E-state index contributed by atoms with van der Waals surface area (Å²) in [7, 11) is 0. The average molecular weight is 981 g/mol. The summed E-state index contributed by atoms with van der Waals surface area (Å²) in [5, 5.41) is 1.26. The number of rotatable bonds is 7. The molecule has 0 saturated heterocycles. The number of aromatic nitrogens is 3. The molecule has 5 heteroatoms. The van der Waals surface area contributed by atoms with E-state index in [2.05, 4.69) is 47.9 Å². The Morgan fingerprint density at radius 2 is 1.42 bits per heavy atom. The van der Waals surface area contributed by atoms with Gasteiger partial charge in [-0.3, -0.25) is 0 Å². The Kier molecular flexibility index (Phi) is 8.87. The van der Waals surface area contributed by atoms with Gasteiger partial charge in [0.15, 0.2) is 0 Å². The van der Waals surface area contributed by atoms with Gasteiger partial charge in [-0.2, -0.15) is 0 Å². The van der Waals surface area contributed by atoms with Gasteiger partial charge in [0.2, 0.25) is 5.71 Å². The van der Waals surface area contributed by atoms with Crippen LogP contribution in [0.2, 0.25) is 0 Å². The van der Waals surface area contributed by atoms with Crippen molar-refractivity contribution in [2.75, 3.05) is 0 Å². The monoisotopic (exact) mass is 981 g/mol. The third kappa shape index (κ3) is 10.2.